The summed E-state index contributed by atoms with van der Waals surface area (Å²) in [6.45, 7) is 8.05. The van der Waals surface area contributed by atoms with Crippen LogP contribution in [0, 0.1) is 0 Å². The summed E-state index contributed by atoms with van der Waals surface area (Å²) < 4.78 is 19.3. The van der Waals surface area contributed by atoms with E-state index in [2.05, 4.69) is 0 Å². The minimum atomic E-state index is -0.508. The van der Waals surface area contributed by atoms with Gasteiger partial charge in [-0.05, 0) is 39.8 Å². The Morgan fingerprint density at radius 2 is 1.71 bits per heavy atom. The third-order valence-corrected chi connectivity index (χ3v) is 4.82. The third kappa shape index (κ3) is 2.76. The fourth-order valence-electron chi connectivity index (χ4n) is 2.66. The van der Waals surface area contributed by atoms with Gasteiger partial charge in [0.1, 0.15) is 5.75 Å². The number of hydrogen-bond donors (Lipinski definition) is 0. The number of methoxy groups -OCH3 is 1. The van der Waals surface area contributed by atoms with Crippen LogP contribution in [0.5, 0.6) is 5.75 Å². The second kappa shape index (κ2) is 5.79. The second-order valence-electron chi connectivity index (χ2n) is 6.92. The SMILES string of the molecule is COc1cc(-n2ccccc2=O)ccc1B1OC(C)(C)C(C)(C)O1. The monoisotopic (exact) mass is 327 g/mol. The molecule has 0 saturated carbocycles. The van der Waals surface area contributed by atoms with Gasteiger partial charge in [-0.15, -0.1) is 0 Å². The first-order chi connectivity index (χ1) is 11.2. The highest BCUT2D eigenvalue weighted by atomic mass is 16.7. The van der Waals surface area contributed by atoms with Crippen LogP contribution in [0.1, 0.15) is 27.7 Å². The van der Waals surface area contributed by atoms with E-state index in [9.17, 15) is 4.79 Å². The Bertz CT molecular complexity index is 797. The maximum Gasteiger partial charge on any atom is 0.498 e. The fourth-order valence-corrected chi connectivity index (χ4v) is 2.66. The number of hydrogen-bond acceptors (Lipinski definition) is 4. The number of aromatic nitrogens is 1. The Labute approximate surface area is 142 Å². The van der Waals surface area contributed by atoms with Gasteiger partial charge in [0.2, 0.25) is 0 Å². The van der Waals surface area contributed by atoms with Gasteiger partial charge in [-0.2, -0.15) is 0 Å². The Hall–Kier alpha value is -2.05. The molecule has 0 N–H and O–H groups in total. The highest BCUT2D eigenvalue weighted by Crippen LogP contribution is 2.37. The van der Waals surface area contributed by atoms with E-state index in [0.29, 0.717) is 5.75 Å². The smallest absolute Gasteiger partial charge is 0.497 e. The van der Waals surface area contributed by atoms with Gasteiger partial charge < -0.3 is 14.0 Å². The van der Waals surface area contributed by atoms with Crippen LogP contribution in [0.25, 0.3) is 5.69 Å². The molecule has 1 aliphatic heterocycles. The molecule has 0 atom stereocenters. The predicted octanol–water partition coefficient (Wildman–Crippen LogP) is 2.15. The van der Waals surface area contributed by atoms with Crippen molar-refractivity contribution in [2.75, 3.05) is 7.11 Å². The second-order valence-corrected chi connectivity index (χ2v) is 6.92. The third-order valence-electron chi connectivity index (χ3n) is 4.82. The normalized spacial score (nSPS) is 18.6. The zero-order valence-corrected chi connectivity index (χ0v) is 14.7. The van der Waals surface area contributed by atoms with E-state index in [1.165, 1.54) is 6.07 Å². The van der Waals surface area contributed by atoms with E-state index < -0.39 is 18.3 Å². The van der Waals surface area contributed by atoms with Crippen LogP contribution < -0.4 is 15.8 Å². The molecule has 2 heterocycles. The maximum atomic E-state index is 12.0. The number of nitrogens with zero attached hydrogens (tertiary/aromatic N) is 1. The molecule has 0 bridgehead atoms. The molecular weight excluding hydrogens is 305 g/mol. The van der Waals surface area contributed by atoms with E-state index in [1.807, 2.05) is 52.0 Å². The molecule has 0 unspecified atom stereocenters. The molecule has 3 rings (SSSR count). The molecule has 1 aromatic carbocycles. The first kappa shape index (κ1) is 16.8. The molecule has 0 spiro atoms. The summed E-state index contributed by atoms with van der Waals surface area (Å²) in [5.41, 5.74) is 0.611. The van der Waals surface area contributed by atoms with Gasteiger partial charge in [-0.1, -0.05) is 12.1 Å². The number of ether oxygens (including phenoxy) is 1. The molecule has 0 amide bonds. The number of benzene rings is 1. The Morgan fingerprint density at radius 3 is 2.29 bits per heavy atom. The lowest BCUT2D eigenvalue weighted by molar-refractivity contribution is 0.00578. The molecule has 6 heteroatoms. The zero-order chi connectivity index (χ0) is 17.5. The van der Waals surface area contributed by atoms with Gasteiger partial charge in [0.05, 0.1) is 24.0 Å². The zero-order valence-electron chi connectivity index (χ0n) is 14.7. The Kier molecular flexibility index (Phi) is 4.05. The minimum absolute atomic E-state index is 0.0945. The summed E-state index contributed by atoms with van der Waals surface area (Å²) in [5.74, 6) is 0.627. The van der Waals surface area contributed by atoms with Gasteiger partial charge in [0, 0.05) is 23.8 Å². The maximum absolute atomic E-state index is 12.0. The molecule has 5 nitrogen and oxygen atoms in total. The van der Waals surface area contributed by atoms with Crippen LogP contribution in [0.2, 0.25) is 0 Å². The van der Waals surface area contributed by atoms with Crippen molar-refractivity contribution >= 4 is 12.6 Å². The van der Waals surface area contributed by atoms with E-state index in [0.717, 1.165) is 11.2 Å². The lowest BCUT2D eigenvalue weighted by Crippen LogP contribution is -2.41. The molecule has 0 radical (unpaired) electrons. The number of rotatable bonds is 3. The first-order valence-corrected chi connectivity index (χ1v) is 7.97. The molecule has 126 valence electrons. The van der Waals surface area contributed by atoms with Gasteiger partial charge >= 0.3 is 7.12 Å². The van der Waals surface area contributed by atoms with Crippen molar-refractivity contribution in [2.45, 2.75) is 38.9 Å². The van der Waals surface area contributed by atoms with E-state index in [1.54, 1.807) is 23.9 Å². The summed E-state index contributed by atoms with van der Waals surface area (Å²) in [5, 5.41) is 0. The average Bonchev–Trinajstić information content (AvgIpc) is 2.75. The van der Waals surface area contributed by atoms with Crippen LogP contribution in [-0.4, -0.2) is 30.0 Å². The molecular formula is C18H22BNO4. The molecule has 1 fully saturated rings. The molecule has 1 aliphatic rings. The van der Waals surface area contributed by atoms with Crippen molar-refractivity contribution in [3.63, 3.8) is 0 Å². The highest BCUT2D eigenvalue weighted by Gasteiger charge is 2.52. The van der Waals surface area contributed by atoms with Crippen LogP contribution in [-0.2, 0) is 9.31 Å². The van der Waals surface area contributed by atoms with E-state index in [4.69, 9.17) is 14.0 Å². The van der Waals surface area contributed by atoms with Crippen molar-refractivity contribution in [1.82, 2.24) is 4.57 Å². The number of pyridine rings is 1. The van der Waals surface area contributed by atoms with Crippen molar-refractivity contribution in [1.29, 1.82) is 0 Å². The van der Waals surface area contributed by atoms with Crippen molar-refractivity contribution in [3.05, 3.63) is 52.9 Å². The van der Waals surface area contributed by atoms with Crippen LogP contribution >= 0.6 is 0 Å². The van der Waals surface area contributed by atoms with Crippen molar-refractivity contribution in [2.24, 2.45) is 0 Å². The van der Waals surface area contributed by atoms with Crippen LogP contribution in [0.3, 0.4) is 0 Å². The van der Waals surface area contributed by atoms with E-state index >= 15 is 0 Å². The summed E-state index contributed by atoms with van der Waals surface area (Å²) >= 11 is 0. The Morgan fingerprint density at radius 1 is 1.04 bits per heavy atom. The summed E-state index contributed by atoms with van der Waals surface area (Å²) in [7, 11) is 1.09. The van der Waals surface area contributed by atoms with Crippen LogP contribution in [0.4, 0.5) is 0 Å². The first-order valence-electron chi connectivity index (χ1n) is 7.97. The molecule has 2 aromatic rings. The van der Waals surface area contributed by atoms with Gasteiger partial charge in [0.25, 0.3) is 5.56 Å². The standard InChI is InChI=1S/C18H22BNO4/c1-17(2)18(3,4)24-19(23-17)14-10-9-13(12-15(14)22-5)20-11-7-6-8-16(20)21/h6-12H,1-5H3. The van der Waals surface area contributed by atoms with Crippen molar-refractivity contribution in [3.8, 4) is 11.4 Å². The highest BCUT2D eigenvalue weighted by molar-refractivity contribution is 6.63. The predicted molar refractivity (Wildman–Crippen MR) is 94.3 cm³/mol. The quantitative estimate of drug-likeness (QED) is 0.811. The summed E-state index contributed by atoms with van der Waals surface area (Å²) in [6, 6.07) is 10.6. The van der Waals surface area contributed by atoms with Gasteiger partial charge in [-0.3, -0.25) is 9.36 Å². The van der Waals surface area contributed by atoms with E-state index in [-0.39, 0.29) is 5.56 Å². The minimum Gasteiger partial charge on any atom is -0.497 e. The topological polar surface area (TPSA) is 49.7 Å². The van der Waals surface area contributed by atoms with Crippen molar-refractivity contribution < 1.29 is 14.0 Å². The summed E-state index contributed by atoms with van der Waals surface area (Å²) in [4.78, 5) is 12.0. The lowest BCUT2D eigenvalue weighted by Gasteiger charge is -2.32. The van der Waals surface area contributed by atoms with Gasteiger partial charge in [0.15, 0.2) is 0 Å². The molecule has 1 aromatic heterocycles. The fraction of sp³-hybridized carbons (Fsp3) is 0.389. The average molecular weight is 327 g/mol. The molecule has 24 heavy (non-hydrogen) atoms. The summed E-state index contributed by atoms with van der Waals surface area (Å²) in [6.07, 6.45) is 1.73. The molecule has 0 aliphatic carbocycles. The van der Waals surface area contributed by atoms with Gasteiger partial charge in [-0.25, -0.2) is 0 Å². The molecule has 1 saturated heterocycles. The lowest BCUT2D eigenvalue weighted by atomic mass is 9.78. The van der Waals surface area contributed by atoms with Crippen LogP contribution in [0.15, 0.2) is 47.4 Å². The Balaban J connectivity index is 2.00. The largest absolute Gasteiger partial charge is 0.498 e.